The average molecular weight is 240 g/mol. The molecule has 86 valence electrons. The standard InChI is InChI=1S/C12H14ClNO2/c1-12(2)10(16-12)11(15)14-7-8-4-3-5-9(13)6-8/h3-6,10H,7H2,1-2H3,(H,14,15). The third-order valence-electron chi connectivity index (χ3n) is 2.59. The number of epoxide rings is 1. The van der Waals surface area contributed by atoms with E-state index in [4.69, 9.17) is 16.3 Å². The second-order valence-corrected chi connectivity index (χ2v) is 4.89. The molecule has 0 saturated carbocycles. The van der Waals surface area contributed by atoms with Crippen molar-refractivity contribution in [3.63, 3.8) is 0 Å². The first-order valence-corrected chi connectivity index (χ1v) is 5.57. The van der Waals surface area contributed by atoms with Crippen LogP contribution in [0, 0.1) is 0 Å². The molecule has 16 heavy (non-hydrogen) atoms. The summed E-state index contributed by atoms with van der Waals surface area (Å²) in [5, 5.41) is 3.50. The molecule has 1 fully saturated rings. The quantitative estimate of drug-likeness (QED) is 0.821. The van der Waals surface area contributed by atoms with Crippen LogP contribution in [-0.4, -0.2) is 17.6 Å². The van der Waals surface area contributed by atoms with E-state index in [9.17, 15) is 4.79 Å². The number of halogens is 1. The largest absolute Gasteiger partial charge is 0.356 e. The van der Waals surface area contributed by atoms with Crippen LogP contribution in [0.25, 0.3) is 0 Å². The summed E-state index contributed by atoms with van der Waals surface area (Å²) in [5.74, 6) is -0.0648. The molecule has 1 unspecified atom stereocenters. The lowest BCUT2D eigenvalue weighted by Crippen LogP contribution is -2.30. The molecule has 1 aliphatic rings. The van der Waals surface area contributed by atoms with Crippen LogP contribution in [0.5, 0.6) is 0 Å². The Balaban J connectivity index is 1.86. The van der Waals surface area contributed by atoms with Crippen LogP contribution in [-0.2, 0) is 16.1 Å². The Bertz CT molecular complexity index is 417. The SMILES string of the molecule is CC1(C)OC1C(=O)NCc1cccc(Cl)c1. The van der Waals surface area contributed by atoms with Crippen molar-refractivity contribution in [2.45, 2.75) is 32.1 Å². The molecule has 1 aliphatic heterocycles. The minimum Gasteiger partial charge on any atom is -0.356 e. The van der Waals surface area contributed by atoms with Gasteiger partial charge in [0.25, 0.3) is 5.91 Å². The van der Waals surface area contributed by atoms with Gasteiger partial charge in [-0.25, -0.2) is 0 Å². The number of carbonyl (C=O) groups is 1. The maximum Gasteiger partial charge on any atom is 0.252 e. The van der Waals surface area contributed by atoms with Crippen molar-refractivity contribution in [3.05, 3.63) is 34.9 Å². The minimum absolute atomic E-state index is 0.0648. The molecular formula is C12H14ClNO2. The maximum absolute atomic E-state index is 11.6. The highest BCUT2D eigenvalue weighted by atomic mass is 35.5. The number of hydrogen-bond donors (Lipinski definition) is 1. The van der Waals surface area contributed by atoms with Gasteiger partial charge in [0, 0.05) is 11.6 Å². The van der Waals surface area contributed by atoms with Crippen molar-refractivity contribution in [3.8, 4) is 0 Å². The van der Waals surface area contributed by atoms with Gasteiger partial charge in [0.15, 0.2) is 6.10 Å². The zero-order valence-electron chi connectivity index (χ0n) is 9.29. The van der Waals surface area contributed by atoms with Gasteiger partial charge >= 0.3 is 0 Å². The highest BCUT2D eigenvalue weighted by Gasteiger charge is 2.52. The molecule has 1 atom stereocenters. The molecule has 2 rings (SSSR count). The molecule has 0 bridgehead atoms. The van der Waals surface area contributed by atoms with Crippen LogP contribution in [0.3, 0.4) is 0 Å². The summed E-state index contributed by atoms with van der Waals surface area (Å²) in [6.45, 7) is 4.28. The van der Waals surface area contributed by atoms with Crippen LogP contribution in [0.15, 0.2) is 24.3 Å². The van der Waals surface area contributed by atoms with Crippen LogP contribution >= 0.6 is 11.6 Å². The van der Waals surface area contributed by atoms with Crippen molar-refractivity contribution in [2.75, 3.05) is 0 Å². The zero-order chi connectivity index (χ0) is 11.8. The van der Waals surface area contributed by atoms with Crippen LogP contribution in [0.2, 0.25) is 5.02 Å². The third kappa shape index (κ3) is 2.54. The van der Waals surface area contributed by atoms with Gasteiger partial charge in [-0.15, -0.1) is 0 Å². The van der Waals surface area contributed by atoms with Crippen LogP contribution < -0.4 is 5.32 Å². The Kier molecular flexibility index (Phi) is 2.91. The first-order valence-electron chi connectivity index (χ1n) is 5.19. The number of amides is 1. The van der Waals surface area contributed by atoms with Crippen LogP contribution in [0.4, 0.5) is 0 Å². The molecule has 0 radical (unpaired) electrons. The lowest BCUT2D eigenvalue weighted by Gasteiger charge is -2.04. The number of carbonyl (C=O) groups excluding carboxylic acids is 1. The molecule has 1 amide bonds. The first kappa shape index (κ1) is 11.4. The molecule has 0 aliphatic carbocycles. The van der Waals surface area contributed by atoms with E-state index in [2.05, 4.69) is 5.32 Å². The minimum atomic E-state index is -0.313. The van der Waals surface area contributed by atoms with E-state index in [-0.39, 0.29) is 17.6 Å². The molecule has 1 aromatic rings. The molecule has 1 N–H and O–H groups in total. The summed E-state index contributed by atoms with van der Waals surface area (Å²) < 4.78 is 5.24. The second kappa shape index (κ2) is 4.07. The average Bonchev–Trinajstić information content (AvgIpc) is 2.85. The molecule has 0 aromatic heterocycles. The first-order chi connectivity index (χ1) is 7.49. The topological polar surface area (TPSA) is 41.6 Å². The van der Waals surface area contributed by atoms with Crippen LogP contribution in [0.1, 0.15) is 19.4 Å². The Labute approximate surface area is 99.7 Å². The lowest BCUT2D eigenvalue weighted by molar-refractivity contribution is -0.122. The van der Waals surface area contributed by atoms with Crippen molar-refractivity contribution >= 4 is 17.5 Å². The number of hydrogen-bond acceptors (Lipinski definition) is 2. The number of ether oxygens (including phenoxy) is 1. The fraction of sp³-hybridized carbons (Fsp3) is 0.417. The molecular weight excluding hydrogens is 226 g/mol. The predicted octanol–water partition coefficient (Wildman–Crippen LogP) is 2.13. The molecule has 0 spiro atoms. The monoisotopic (exact) mass is 239 g/mol. The Morgan fingerprint density at radius 2 is 2.25 bits per heavy atom. The Morgan fingerprint density at radius 1 is 1.56 bits per heavy atom. The van der Waals surface area contributed by atoms with E-state index in [1.165, 1.54) is 0 Å². The molecule has 1 saturated heterocycles. The summed E-state index contributed by atoms with van der Waals surface area (Å²) >= 11 is 5.84. The van der Waals surface area contributed by atoms with Gasteiger partial charge in [0.05, 0.1) is 5.60 Å². The summed E-state index contributed by atoms with van der Waals surface area (Å²) in [4.78, 5) is 11.6. The van der Waals surface area contributed by atoms with E-state index in [1.807, 2.05) is 32.0 Å². The van der Waals surface area contributed by atoms with E-state index in [0.717, 1.165) is 5.56 Å². The van der Waals surface area contributed by atoms with Gasteiger partial charge in [0.2, 0.25) is 0 Å². The molecule has 1 aromatic carbocycles. The molecule has 3 nitrogen and oxygen atoms in total. The van der Waals surface area contributed by atoms with Gasteiger partial charge in [-0.1, -0.05) is 23.7 Å². The lowest BCUT2D eigenvalue weighted by atomic mass is 10.1. The molecule has 4 heteroatoms. The van der Waals surface area contributed by atoms with Crippen molar-refractivity contribution in [2.24, 2.45) is 0 Å². The summed E-state index contributed by atoms with van der Waals surface area (Å²) in [5.41, 5.74) is 0.678. The third-order valence-corrected chi connectivity index (χ3v) is 2.82. The van der Waals surface area contributed by atoms with Gasteiger partial charge in [-0.05, 0) is 31.5 Å². The Morgan fingerprint density at radius 3 is 2.81 bits per heavy atom. The number of nitrogens with one attached hydrogen (secondary N) is 1. The zero-order valence-corrected chi connectivity index (χ0v) is 10.0. The fourth-order valence-corrected chi connectivity index (χ4v) is 1.78. The van der Waals surface area contributed by atoms with Gasteiger partial charge in [-0.3, -0.25) is 4.79 Å². The van der Waals surface area contributed by atoms with E-state index in [0.29, 0.717) is 11.6 Å². The van der Waals surface area contributed by atoms with Gasteiger partial charge in [-0.2, -0.15) is 0 Å². The predicted molar refractivity (Wildman–Crippen MR) is 62.3 cm³/mol. The Hall–Kier alpha value is -1.06. The van der Waals surface area contributed by atoms with Gasteiger partial charge in [0.1, 0.15) is 0 Å². The normalized spacial score (nSPS) is 21.6. The number of rotatable bonds is 3. The second-order valence-electron chi connectivity index (χ2n) is 4.45. The van der Waals surface area contributed by atoms with E-state index in [1.54, 1.807) is 6.07 Å². The van der Waals surface area contributed by atoms with Crippen molar-refractivity contribution < 1.29 is 9.53 Å². The summed E-state index contributed by atoms with van der Waals surface area (Å²) in [6, 6.07) is 7.42. The maximum atomic E-state index is 11.6. The number of benzene rings is 1. The summed E-state index contributed by atoms with van der Waals surface area (Å²) in [7, 11) is 0. The van der Waals surface area contributed by atoms with E-state index >= 15 is 0 Å². The fourth-order valence-electron chi connectivity index (χ4n) is 1.57. The van der Waals surface area contributed by atoms with E-state index < -0.39 is 0 Å². The molecule has 1 heterocycles. The van der Waals surface area contributed by atoms with Crippen molar-refractivity contribution in [1.29, 1.82) is 0 Å². The van der Waals surface area contributed by atoms with Gasteiger partial charge < -0.3 is 10.1 Å². The highest BCUT2D eigenvalue weighted by molar-refractivity contribution is 6.30. The highest BCUT2D eigenvalue weighted by Crippen LogP contribution is 2.35. The summed E-state index contributed by atoms with van der Waals surface area (Å²) in [6.07, 6.45) is -0.313. The smallest absolute Gasteiger partial charge is 0.252 e. The van der Waals surface area contributed by atoms with Crippen molar-refractivity contribution in [1.82, 2.24) is 5.32 Å².